The topological polar surface area (TPSA) is 152 Å². The van der Waals surface area contributed by atoms with Crippen LogP contribution in [0.5, 0.6) is 0 Å². The van der Waals surface area contributed by atoms with Gasteiger partial charge in [0.2, 0.25) is 0 Å². The molecule has 2 atom stereocenters. The molecule has 0 saturated carbocycles. The second-order valence-electron chi connectivity index (χ2n) is 13.7. The molecule has 8 rings (SSSR count). The Labute approximate surface area is 322 Å². The fourth-order valence-corrected chi connectivity index (χ4v) is 6.97. The number of amides is 4. The summed E-state index contributed by atoms with van der Waals surface area (Å²) in [5, 5.41) is 0. The van der Waals surface area contributed by atoms with Crippen LogP contribution >= 0.6 is 0 Å². The van der Waals surface area contributed by atoms with Crippen LogP contribution in [-0.2, 0) is 30.9 Å². The van der Waals surface area contributed by atoms with E-state index in [0.29, 0.717) is 35.3 Å². The second kappa shape index (κ2) is 13.9. The van der Waals surface area contributed by atoms with Crippen molar-refractivity contribution in [2.24, 2.45) is 0 Å². The molecule has 0 bridgehead atoms. The maximum absolute atomic E-state index is 15.1. The molecule has 4 aliphatic heterocycles. The number of epoxide rings is 2. The number of nitrogens with zero attached hydrogens (tertiary/aromatic N) is 2. The highest BCUT2D eigenvalue weighted by molar-refractivity contribution is 6.35. The molecule has 298 valence electrons. The van der Waals surface area contributed by atoms with E-state index >= 15 is 26.3 Å². The minimum atomic E-state index is -6.40. The molecule has 4 heterocycles. The molecule has 0 aliphatic carbocycles. The summed E-state index contributed by atoms with van der Waals surface area (Å²) in [6.07, 6.45) is -13.3. The van der Waals surface area contributed by atoms with Crippen LogP contribution in [0.25, 0.3) is 0 Å². The van der Waals surface area contributed by atoms with Crippen LogP contribution in [0.15, 0.2) is 84.9 Å². The summed E-state index contributed by atoms with van der Waals surface area (Å²) in [4.78, 5) is 79.9. The van der Waals surface area contributed by atoms with E-state index in [1.165, 1.54) is 24.3 Å². The standard InChI is InChI=1S/C40H26F6N2O10/c41-39(42,43)38(40(44,45)46,48-34(51)26-6-1-2-7-27(26)35(48)52)23-9-10-28-29(15-23)33(50)47(32(28)49)31-11-8-21(14-30(31)37(54)58-19-25-17-56-25)12-20-4-3-5-22(13-20)36(53)57-18-24-16-55-24/h1-11,13-15,24-25H,12,16-19H2. The van der Waals surface area contributed by atoms with Gasteiger partial charge in [0, 0.05) is 0 Å². The number of anilines is 1. The molecular weight excluding hydrogens is 782 g/mol. The van der Waals surface area contributed by atoms with Gasteiger partial charge in [-0.3, -0.25) is 19.2 Å². The van der Waals surface area contributed by atoms with E-state index in [2.05, 4.69) is 0 Å². The molecule has 12 nitrogen and oxygen atoms in total. The molecule has 4 aromatic carbocycles. The summed E-state index contributed by atoms with van der Waals surface area (Å²) in [6.45, 7) is 0.655. The van der Waals surface area contributed by atoms with Crippen molar-refractivity contribution in [3.05, 3.63) is 135 Å². The lowest BCUT2D eigenvalue weighted by Crippen LogP contribution is -2.66. The smallest absolute Gasteiger partial charge is 0.425 e. The number of alkyl halides is 6. The van der Waals surface area contributed by atoms with E-state index in [4.69, 9.17) is 18.9 Å². The fourth-order valence-electron chi connectivity index (χ4n) is 6.97. The third-order valence-corrected chi connectivity index (χ3v) is 9.95. The predicted octanol–water partition coefficient (Wildman–Crippen LogP) is 5.81. The molecule has 2 unspecified atom stereocenters. The number of imide groups is 2. The summed E-state index contributed by atoms with van der Waals surface area (Å²) in [7, 11) is 0. The second-order valence-corrected chi connectivity index (χ2v) is 13.7. The highest BCUT2D eigenvalue weighted by Crippen LogP contribution is 2.56. The van der Waals surface area contributed by atoms with Gasteiger partial charge in [0.25, 0.3) is 29.2 Å². The Morgan fingerprint density at radius 2 is 1.17 bits per heavy atom. The third kappa shape index (κ3) is 6.47. The highest BCUT2D eigenvalue weighted by atomic mass is 19.4. The third-order valence-electron chi connectivity index (χ3n) is 9.95. The zero-order valence-electron chi connectivity index (χ0n) is 29.5. The molecule has 0 radical (unpaired) electrons. The Kier molecular flexibility index (Phi) is 9.23. The Balaban J connectivity index is 1.16. The van der Waals surface area contributed by atoms with Crippen molar-refractivity contribution in [1.82, 2.24) is 4.90 Å². The minimum Gasteiger partial charge on any atom is -0.459 e. The summed E-state index contributed by atoms with van der Waals surface area (Å²) < 4.78 is 111. The molecular formula is C40H26F6N2O10. The Bertz CT molecular complexity index is 2390. The van der Waals surface area contributed by atoms with Crippen LogP contribution in [0.2, 0.25) is 0 Å². The molecule has 4 amide bonds. The molecule has 18 heteroatoms. The van der Waals surface area contributed by atoms with Crippen molar-refractivity contribution in [1.29, 1.82) is 0 Å². The van der Waals surface area contributed by atoms with Crippen molar-refractivity contribution in [3.8, 4) is 0 Å². The van der Waals surface area contributed by atoms with E-state index in [1.54, 1.807) is 18.2 Å². The number of hydrogen-bond donors (Lipinski definition) is 0. The van der Waals surface area contributed by atoms with E-state index in [1.807, 2.05) is 0 Å². The van der Waals surface area contributed by atoms with Crippen LogP contribution in [0.4, 0.5) is 32.0 Å². The van der Waals surface area contributed by atoms with Gasteiger partial charge in [-0.1, -0.05) is 36.4 Å². The number of carbonyl (C=O) groups excluding carboxylic acids is 6. The number of benzene rings is 4. The maximum atomic E-state index is 15.1. The Morgan fingerprint density at radius 1 is 0.621 bits per heavy atom. The Morgan fingerprint density at radius 3 is 1.76 bits per heavy atom. The van der Waals surface area contributed by atoms with E-state index in [9.17, 15) is 28.8 Å². The lowest BCUT2D eigenvalue weighted by atomic mass is 9.84. The fraction of sp³-hybridized carbons (Fsp3) is 0.250. The van der Waals surface area contributed by atoms with Gasteiger partial charge >= 0.3 is 24.3 Å². The van der Waals surface area contributed by atoms with E-state index in [0.717, 1.165) is 24.3 Å². The molecule has 0 N–H and O–H groups in total. The first kappa shape index (κ1) is 38.5. The van der Waals surface area contributed by atoms with Crippen molar-refractivity contribution >= 4 is 41.3 Å². The Hall–Kier alpha value is -6.40. The number of halogens is 6. The number of fused-ring (bicyclic) bond motifs is 2. The molecule has 0 aromatic heterocycles. The van der Waals surface area contributed by atoms with Crippen molar-refractivity contribution in [2.75, 3.05) is 31.3 Å². The van der Waals surface area contributed by atoms with Gasteiger partial charge in [-0.15, -0.1) is 0 Å². The monoisotopic (exact) mass is 808 g/mol. The zero-order chi connectivity index (χ0) is 41.3. The quantitative estimate of drug-likeness (QED) is 0.0787. The molecule has 0 spiro atoms. The molecule has 4 aromatic rings. The van der Waals surface area contributed by atoms with Crippen molar-refractivity contribution in [2.45, 2.75) is 36.5 Å². The first-order chi connectivity index (χ1) is 27.5. The van der Waals surface area contributed by atoms with Crippen LogP contribution in [0, 0.1) is 0 Å². The van der Waals surface area contributed by atoms with Gasteiger partial charge in [0.15, 0.2) is 0 Å². The van der Waals surface area contributed by atoms with Crippen LogP contribution in [-0.4, -0.2) is 91.5 Å². The molecule has 2 saturated heterocycles. The molecule has 4 aliphatic rings. The largest absolute Gasteiger partial charge is 0.459 e. The van der Waals surface area contributed by atoms with E-state index in [-0.39, 0.29) is 49.0 Å². The number of ether oxygens (including phenoxy) is 4. The lowest BCUT2D eigenvalue weighted by molar-refractivity contribution is -0.332. The normalized spacial score (nSPS) is 18.7. The summed E-state index contributed by atoms with van der Waals surface area (Å²) in [6, 6.07) is 15.4. The summed E-state index contributed by atoms with van der Waals surface area (Å²) in [5.74, 6) is -8.00. The van der Waals surface area contributed by atoms with Gasteiger partial charge < -0.3 is 18.9 Å². The number of carbonyl (C=O) groups is 6. The lowest BCUT2D eigenvalue weighted by Gasteiger charge is -2.43. The average molecular weight is 809 g/mol. The zero-order valence-corrected chi connectivity index (χ0v) is 29.5. The first-order valence-electron chi connectivity index (χ1n) is 17.4. The number of esters is 2. The SMILES string of the molecule is O=C(OCC1CO1)c1cccc(Cc2ccc(N3C(=O)c4ccc(C(N5C(=O)c6ccccc6C5=O)(C(F)(F)F)C(F)(F)F)cc4C3=O)c(C(=O)OCC3CO3)c2)c1. The van der Waals surface area contributed by atoms with Crippen molar-refractivity contribution < 1.29 is 74.1 Å². The highest BCUT2D eigenvalue weighted by Gasteiger charge is 2.78. The predicted molar refractivity (Wildman–Crippen MR) is 184 cm³/mol. The van der Waals surface area contributed by atoms with E-state index < -0.39 is 98.0 Å². The minimum absolute atomic E-state index is 0.0825. The summed E-state index contributed by atoms with van der Waals surface area (Å²) >= 11 is 0. The average Bonchev–Trinajstić information content (AvgIpc) is 4.13. The van der Waals surface area contributed by atoms with Crippen LogP contribution < -0.4 is 4.90 Å². The van der Waals surface area contributed by atoms with Gasteiger partial charge in [-0.25, -0.2) is 19.4 Å². The van der Waals surface area contributed by atoms with Crippen LogP contribution in [0.1, 0.15) is 78.8 Å². The van der Waals surface area contributed by atoms with Gasteiger partial charge in [-0.2, -0.15) is 26.3 Å². The van der Waals surface area contributed by atoms with Gasteiger partial charge in [0.05, 0.1) is 52.3 Å². The first-order valence-corrected chi connectivity index (χ1v) is 17.4. The number of hydrogen-bond acceptors (Lipinski definition) is 10. The number of rotatable bonds is 11. The molecule has 2 fully saturated rings. The van der Waals surface area contributed by atoms with Crippen molar-refractivity contribution in [3.63, 3.8) is 0 Å². The van der Waals surface area contributed by atoms with Crippen LogP contribution in [0.3, 0.4) is 0 Å². The summed E-state index contributed by atoms with van der Waals surface area (Å²) in [5.41, 5.74) is -9.54. The molecule has 58 heavy (non-hydrogen) atoms. The van der Waals surface area contributed by atoms with Gasteiger partial charge in [-0.05, 0) is 71.6 Å². The maximum Gasteiger partial charge on any atom is 0.425 e. The van der Waals surface area contributed by atoms with Gasteiger partial charge in [0.1, 0.15) is 25.4 Å².